The molecule has 1 aliphatic heterocycles. The quantitative estimate of drug-likeness (QED) is 0.795. The number of nitrogens with one attached hydrogen (secondary N) is 1. The number of hydrogen-bond donors (Lipinski definition) is 1. The summed E-state index contributed by atoms with van der Waals surface area (Å²) in [4.78, 5) is 17.7. The smallest absolute Gasteiger partial charge is 0.417 e. The van der Waals surface area contributed by atoms with Crippen LogP contribution >= 0.6 is 11.6 Å². The highest BCUT2D eigenvalue weighted by molar-refractivity contribution is 6.33. The molecule has 1 aliphatic rings. The number of halogens is 4. The molecule has 5 nitrogen and oxygen atoms in total. The molecule has 2 atom stereocenters. The fourth-order valence-corrected chi connectivity index (χ4v) is 3.16. The Balaban J connectivity index is 2.02. The molecule has 1 aromatic rings. The minimum absolute atomic E-state index is 0.0368. The molecule has 1 aromatic heterocycles. The summed E-state index contributed by atoms with van der Waals surface area (Å²) in [5.74, 6) is 0.322. The Hall–Kier alpha value is -1.70. The lowest BCUT2D eigenvalue weighted by Gasteiger charge is -2.39. The predicted octanol–water partition coefficient (Wildman–Crippen LogP) is 4.64. The topological polar surface area (TPSA) is 54.5 Å². The van der Waals surface area contributed by atoms with Gasteiger partial charge < -0.3 is 15.0 Å². The number of carbonyl (C=O) groups excluding carboxylic acids is 1. The molecule has 1 amide bonds. The SMILES string of the molecule is CC1CC(NC(=O)OC(C)(C)C)CCN1c1ncc(C(F)(F)F)cc1Cl. The van der Waals surface area contributed by atoms with E-state index in [9.17, 15) is 18.0 Å². The van der Waals surface area contributed by atoms with Crippen molar-refractivity contribution < 1.29 is 22.7 Å². The molecule has 0 bridgehead atoms. The summed E-state index contributed by atoms with van der Waals surface area (Å²) in [6, 6.07) is 0.761. The van der Waals surface area contributed by atoms with Gasteiger partial charge in [-0.1, -0.05) is 11.6 Å². The van der Waals surface area contributed by atoms with Gasteiger partial charge in [0.2, 0.25) is 0 Å². The summed E-state index contributed by atoms with van der Waals surface area (Å²) in [5, 5.41) is 2.79. The van der Waals surface area contributed by atoms with Crippen LogP contribution in [0.1, 0.15) is 46.1 Å². The molecular formula is C17H23ClF3N3O2. The van der Waals surface area contributed by atoms with Crippen LogP contribution in [-0.2, 0) is 10.9 Å². The van der Waals surface area contributed by atoms with Crippen LogP contribution in [0.5, 0.6) is 0 Å². The van der Waals surface area contributed by atoms with Crippen molar-refractivity contribution in [3.05, 3.63) is 22.8 Å². The van der Waals surface area contributed by atoms with Crippen molar-refractivity contribution in [3.8, 4) is 0 Å². The molecule has 2 rings (SSSR count). The number of alkyl halides is 3. The monoisotopic (exact) mass is 393 g/mol. The molecule has 0 aliphatic carbocycles. The molecule has 1 fully saturated rings. The molecule has 0 radical (unpaired) electrons. The first kappa shape index (κ1) is 20.6. The van der Waals surface area contributed by atoms with E-state index in [0.717, 1.165) is 12.3 Å². The van der Waals surface area contributed by atoms with Gasteiger partial charge in [0.1, 0.15) is 11.4 Å². The Morgan fingerprint density at radius 1 is 1.38 bits per heavy atom. The van der Waals surface area contributed by atoms with E-state index in [4.69, 9.17) is 16.3 Å². The van der Waals surface area contributed by atoms with Gasteiger partial charge in [-0.2, -0.15) is 13.2 Å². The van der Waals surface area contributed by atoms with E-state index < -0.39 is 23.4 Å². The van der Waals surface area contributed by atoms with Gasteiger partial charge in [0.25, 0.3) is 0 Å². The normalized spacial score (nSPS) is 21.5. The fourth-order valence-electron chi connectivity index (χ4n) is 2.89. The number of anilines is 1. The third-order valence-corrected chi connectivity index (χ3v) is 4.30. The van der Waals surface area contributed by atoms with E-state index in [-0.39, 0.29) is 17.1 Å². The summed E-state index contributed by atoms with van der Waals surface area (Å²) in [6.07, 6.45) is -2.95. The number of carbonyl (C=O) groups is 1. The summed E-state index contributed by atoms with van der Waals surface area (Å²) < 4.78 is 43.5. The molecule has 0 aromatic carbocycles. The van der Waals surface area contributed by atoms with Crippen molar-refractivity contribution >= 4 is 23.5 Å². The zero-order chi connectivity index (χ0) is 19.7. The number of piperidine rings is 1. The number of hydrogen-bond acceptors (Lipinski definition) is 4. The second-order valence-electron chi connectivity index (χ2n) is 7.44. The van der Waals surface area contributed by atoms with Gasteiger partial charge in [0, 0.05) is 24.8 Å². The van der Waals surface area contributed by atoms with Gasteiger partial charge in [-0.15, -0.1) is 0 Å². The number of aromatic nitrogens is 1. The molecule has 0 saturated carbocycles. The Morgan fingerprint density at radius 2 is 2.04 bits per heavy atom. The van der Waals surface area contributed by atoms with Crippen LogP contribution in [0.4, 0.5) is 23.8 Å². The zero-order valence-electron chi connectivity index (χ0n) is 15.2. The number of alkyl carbamates (subject to hydrolysis) is 1. The average molecular weight is 394 g/mol. The molecular weight excluding hydrogens is 371 g/mol. The number of amides is 1. The number of nitrogens with zero attached hydrogens (tertiary/aromatic N) is 2. The van der Waals surface area contributed by atoms with Gasteiger partial charge in [-0.25, -0.2) is 9.78 Å². The lowest BCUT2D eigenvalue weighted by Crippen LogP contribution is -2.50. The minimum Gasteiger partial charge on any atom is -0.444 e. The van der Waals surface area contributed by atoms with E-state index in [2.05, 4.69) is 10.3 Å². The van der Waals surface area contributed by atoms with Crippen LogP contribution < -0.4 is 10.2 Å². The Labute approximate surface area is 155 Å². The number of ether oxygens (including phenoxy) is 1. The summed E-state index contributed by atoms with van der Waals surface area (Å²) in [6.45, 7) is 7.79. The Morgan fingerprint density at radius 3 is 2.54 bits per heavy atom. The average Bonchev–Trinajstić information content (AvgIpc) is 2.45. The summed E-state index contributed by atoms with van der Waals surface area (Å²) in [7, 11) is 0. The van der Waals surface area contributed by atoms with Crippen molar-refractivity contribution in [2.75, 3.05) is 11.4 Å². The van der Waals surface area contributed by atoms with Crippen LogP contribution in [-0.4, -0.2) is 35.3 Å². The van der Waals surface area contributed by atoms with Gasteiger partial charge in [0.15, 0.2) is 0 Å². The molecule has 1 N–H and O–H groups in total. The predicted molar refractivity (Wildman–Crippen MR) is 93.4 cm³/mol. The highest BCUT2D eigenvalue weighted by atomic mass is 35.5. The van der Waals surface area contributed by atoms with Gasteiger partial charge in [-0.05, 0) is 46.6 Å². The first-order valence-electron chi connectivity index (χ1n) is 8.35. The van der Waals surface area contributed by atoms with Crippen LogP contribution in [0.3, 0.4) is 0 Å². The van der Waals surface area contributed by atoms with Crippen molar-refractivity contribution in [1.29, 1.82) is 0 Å². The van der Waals surface area contributed by atoms with Gasteiger partial charge >= 0.3 is 12.3 Å². The maximum absolute atomic E-state index is 12.7. The fraction of sp³-hybridized carbons (Fsp3) is 0.647. The number of rotatable bonds is 2. The second kappa shape index (κ2) is 7.50. The van der Waals surface area contributed by atoms with Crippen LogP contribution in [0.25, 0.3) is 0 Å². The maximum Gasteiger partial charge on any atom is 0.417 e. The lowest BCUT2D eigenvalue weighted by atomic mass is 9.98. The summed E-state index contributed by atoms with van der Waals surface area (Å²) in [5.41, 5.74) is -1.45. The highest BCUT2D eigenvalue weighted by Gasteiger charge is 2.34. The van der Waals surface area contributed by atoms with Crippen molar-refractivity contribution in [3.63, 3.8) is 0 Å². The standard InChI is InChI=1S/C17H23ClF3N3O2/c1-10-7-12(23-15(25)26-16(2,3)4)5-6-24(10)14-13(18)8-11(9-22-14)17(19,20)21/h8-10,12H,5-7H2,1-4H3,(H,23,25). The first-order valence-corrected chi connectivity index (χ1v) is 8.73. The van der Waals surface area contributed by atoms with E-state index in [1.54, 1.807) is 20.8 Å². The van der Waals surface area contributed by atoms with E-state index in [1.165, 1.54) is 0 Å². The van der Waals surface area contributed by atoms with E-state index in [0.29, 0.717) is 25.2 Å². The van der Waals surface area contributed by atoms with Crippen LogP contribution in [0.2, 0.25) is 5.02 Å². The van der Waals surface area contributed by atoms with Gasteiger partial charge in [-0.3, -0.25) is 0 Å². The van der Waals surface area contributed by atoms with E-state index >= 15 is 0 Å². The molecule has 2 unspecified atom stereocenters. The Kier molecular flexibility index (Phi) is 5.95. The third kappa shape index (κ3) is 5.40. The first-order chi connectivity index (χ1) is 11.9. The van der Waals surface area contributed by atoms with E-state index in [1.807, 2.05) is 11.8 Å². The second-order valence-corrected chi connectivity index (χ2v) is 7.84. The van der Waals surface area contributed by atoms with Crippen LogP contribution in [0, 0.1) is 0 Å². The molecule has 1 saturated heterocycles. The summed E-state index contributed by atoms with van der Waals surface area (Å²) >= 11 is 6.03. The third-order valence-electron chi connectivity index (χ3n) is 4.02. The molecule has 0 spiro atoms. The highest BCUT2D eigenvalue weighted by Crippen LogP contribution is 2.35. The lowest BCUT2D eigenvalue weighted by molar-refractivity contribution is -0.137. The Bertz CT molecular complexity index is 662. The van der Waals surface area contributed by atoms with Crippen molar-refractivity contribution in [2.24, 2.45) is 0 Å². The van der Waals surface area contributed by atoms with Crippen molar-refractivity contribution in [1.82, 2.24) is 10.3 Å². The molecule has 146 valence electrons. The maximum atomic E-state index is 12.7. The van der Waals surface area contributed by atoms with Crippen molar-refractivity contribution in [2.45, 2.75) is 64.4 Å². The minimum atomic E-state index is -4.48. The number of pyridine rings is 1. The van der Waals surface area contributed by atoms with Gasteiger partial charge in [0.05, 0.1) is 10.6 Å². The zero-order valence-corrected chi connectivity index (χ0v) is 15.9. The van der Waals surface area contributed by atoms with Crippen LogP contribution in [0.15, 0.2) is 12.3 Å². The molecule has 26 heavy (non-hydrogen) atoms. The molecule has 2 heterocycles. The molecule has 9 heteroatoms. The largest absolute Gasteiger partial charge is 0.444 e.